The van der Waals surface area contributed by atoms with Gasteiger partial charge in [0, 0.05) is 32.1 Å². The third-order valence-electron chi connectivity index (χ3n) is 6.70. The van der Waals surface area contributed by atoms with Gasteiger partial charge in [0.2, 0.25) is 5.92 Å². The lowest BCUT2D eigenvalue weighted by Gasteiger charge is -2.36. The standard InChI is InChI=1S/C26H29F3N2O6/c1-15-10-21(35-13-18-12-22(32)37-31-18)23(27)16(2)19(15)11-17-4-5-20(36-14-34-3)24(30-17)25(33)6-8-26(28,29)9-7-25/h4-5,10,33H,6-9,11-14H2,1-3H3. The van der Waals surface area contributed by atoms with Gasteiger partial charge < -0.3 is 24.2 Å². The summed E-state index contributed by atoms with van der Waals surface area (Å²) in [6, 6.07) is 4.86. The van der Waals surface area contributed by atoms with Crippen LogP contribution in [0.25, 0.3) is 0 Å². The second kappa shape index (κ2) is 10.7. The van der Waals surface area contributed by atoms with Crippen LogP contribution in [-0.4, -0.2) is 48.2 Å². The lowest BCUT2D eigenvalue weighted by molar-refractivity contribution is -0.140. The van der Waals surface area contributed by atoms with E-state index in [9.17, 15) is 18.7 Å². The highest BCUT2D eigenvalue weighted by Crippen LogP contribution is 2.45. The number of carbonyl (C=O) groups excluding carboxylic acids is 1. The zero-order chi connectivity index (χ0) is 26.8. The lowest BCUT2D eigenvalue weighted by atomic mass is 9.80. The second-order valence-corrected chi connectivity index (χ2v) is 9.46. The van der Waals surface area contributed by atoms with Crippen LogP contribution >= 0.6 is 0 Å². The molecule has 1 aromatic heterocycles. The molecule has 2 aliphatic rings. The number of benzene rings is 1. The van der Waals surface area contributed by atoms with E-state index in [1.165, 1.54) is 7.11 Å². The van der Waals surface area contributed by atoms with Crippen molar-refractivity contribution < 1.29 is 42.1 Å². The van der Waals surface area contributed by atoms with Crippen LogP contribution in [0.4, 0.5) is 13.2 Å². The molecule has 0 atom stereocenters. The number of methoxy groups -OCH3 is 1. The molecule has 2 aromatic rings. The number of alkyl halides is 2. The summed E-state index contributed by atoms with van der Waals surface area (Å²) in [6.07, 6.45) is -1.03. The van der Waals surface area contributed by atoms with Gasteiger partial charge in [-0.05, 0) is 61.6 Å². The van der Waals surface area contributed by atoms with E-state index in [4.69, 9.17) is 14.2 Å². The van der Waals surface area contributed by atoms with Crippen LogP contribution in [0.3, 0.4) is 0 Å². The van der Waals surface area contributed by atoms with Crippen LogP contribution in [0.1, 0.15) is 60.2 Å². The van der Waals surface area contributed by atoms with Gasteiger partial charge >= 0.3 is 5.97 Å². The van der Waals surface area contributed by atoms with Crippen LogP contribution in [0, 0.1) is 19.7 Å². The van der Waals surface area contributed by atoms with Crippen molar-refractivity contribution >= 4 is 11.7 Å². The Hall–Kier alpha value is -3.18. The van der Waals surface area contributed by atoms with Gasteiger partial charge in [-0.25, -0.2) is 18.0 Å². The van der Waals surface area contributed by atoms with Gasteiger partial charge in [-0.1, -0.05) is 5.16 Å². The largest absolute Gasteiger partial charge is 0.484 e. The van der Waals surface area contributed by atoms with Crippen molar-refractivity contribution in [3.05, 3.63) is 52.1 Å². The average molecular weight is 523 g/mol. The molecular weight excluding hydrogens is 493 g/mol. The van der Waals surface area contributed by atoms with E-state index in [2.05, 4.69) is 15.0 Å². The topological polar surface area (TPSA) is 99.5 Å². The van der Waals surface area contributed by atoms with Crippen molar-refractivity contribution in [2.24, 2.45) is 5.16 Å². The van der Waals surface area contributed by atoms with E-state index < -0.39 is 36.2 Å². The molecule has 1 aromatic carbocycles. The van der Waals surface area contributed by atoms with Gasteiger partial charge in [0.1, 0.15) is 29.4 Å². The van der Waals surface area contributed by atoms with Gasteiger partial charge in [-0.15, -0.1) is 0 Å². The number of aliphatic hydroxyl groups is 1. The van der Waals surface area contributed by atoms with Crippen LogP contribution in [0.5, 0.6) is 11.5 Å². The Balaban J connectivity index is 1.59. The molecule has 8 nitrogen and oxygen atoms in total. The summed E-state index contributed by atoms with van der Waals surface area (Å²) >= 11 is 0. The highest BCUT2D eigenvalue weighted by molar-refractivity contribution is 6.02. The quantitative estimate of drug-likeness (QED) is 0.383. The Labute approximate surface area is 212 Å². The molecule has 37 heavy (non-hydrogen) atoms. The third-order valence-corrected chi connectivity index (χ3v) is 6.70. The normalized spacial score (nSPS) is 18.4. The molecule has 2 heterocycles. The zero-order valence-corrected chi connectivity index (χ0v) is 20.9. The molecule has 200 valence electrons. The van der Waals surface area contributed by atoms with Crippen LogP contribution in [0.2, 0.25) is 0 Å². The summed E-state index contributed by atoms with van der Waals surface area (Å²) in [4.78, 5) is 20.3. The van der Waals surface area contributed by atoms with E-state index in [0.717, 1.165) is 5.56 Å². The number of oxime groups is 1. The van der Waals surface area contributed by atoms with Gasteiger partial charge in [0.15, 0.2) is 18.4 Å². The van der Waals surface area contributed by atoms with Gasteiger partial charge in [-0.2, -0.15) is 0 Å². The zero-order valence-electron chi connectivity index (χ0n) is 20.9. The fraction of sp³-hybridized carbons (Fsp3) is 0.500. The van der Waals surface area contributed by atoms with Gasteiger partial charge in [0.25, 0.3) is 0 Å². The molecule has 0 spiro atoms. The third kappa shape index (κ3) is 6.04. The Morgan fingerprint density at radius 2 is 1.84 bits per heavy atom. The van der Waals surface area contributed by atoms with Crippen LogP contribution in [-0.2, 0) is 26.4 Å². The predicted octanol–water partition coefficient (Wildman–Crippen LogP) is 4.49. The summed E-state index contributed by atoms with van der Waals surface area (Å²) < 4.78 is 58.8. The first-order valence-corrected chi connectivity index (χ1v) is 11.9. The minimum atomic E-state index is -2.83. The molecule has 0 amide bonds. The maximum absolute atomic E-state index is 15.2. The molecule has 0 saturated heterocycles. The molecule has 0 unspecified atom stereocenters. The molecule has 0 radical (unpaired) electrons. The van der Waals surface area contributed by atoms with Crippen molar-refractivity contribution in [3.63, 3.8) is 0 Å². The minimum Gasteiger partial charge on any atom is -0.484 e. The Morgan fingerprint density at radius 1 is 1.11 bits per heavy atom. The van der Waals surface area contributed by atoms with E-state index >= 15 is 4.39 Å². The molecule has 1 N–H and O–H groups in total. The molecule has 1 fully saturated rings. The van der Waals surface area contributed by atoms with Crippen molar-refractivity contribution in [1.82, 2.24) is 4.98 Å². The highest BCUT2D eigenvalue weighted by atomic mass is 19.3. The molecule has 11 heteroatoms. The fourth-order valence-electron chi connectivity index (χ4n) is 4.53. The first kappa shape index (κ1) is 26.9. The monoisotopic (exact) mass is 522 g/mol. The molecule has 1 aliphatic carbocycles. The van der Waals surface area contributed by atoms with E-state index in [1.54, 1.807) is 25.1 Å². The van der Waals surface area contributed by atoms with E-state index in [1.807, 2.05) is 6.92 Å². The molecule has 1 saturated carbocycles. The SMILES string of the molecule is COCOc1ccc(Cc2c(C)cc(OCC3=NOC(=O)C3)c(F)c2C)nc1C1(O)CCC(F)(F)CC1. The molecule has 4 rings (SSSR count). The Morgan fingerprint density at radius 3 is 2.49 bits per heavy atom. The van der Waals surface area contributed by atoms with E-state index in [-0.39, 0.29) is 56.3 Å². The maximum Gasteiger partial charge on any atom is 0.340 e. The lowest BCUT2D eigenvalue weighted by Crippen LogP contribution is -2.37. The number of aryl methyl sites for hydroxylation is 1. The smallest absolute Gasteiger partial charge is 0.340 e. The number of nitrogens with zero attached hydrogens (tertiary/aromatic N) is 2. The second-order valence-electron chi connectivity index (χ2n) is 9.46. The average Bonchev–Trinajstić information content (AvgIpc) is 3.29. The number of hydrogen-bond acceptors (Lipinski definition) is 8. The summed E-state index contributed by atoms with van der Waals surface area (Å²) in [7, 11) is 1.44. The Kier molecular flexibility index (Phi) is 7.75. The predicted molar refractivity (Wildman–Crippen MR) is 126 cm³/mol. The number of halogens is 3. The molecular formula is C26H29F3N2O6. The Bertz CT molecular complexity index is 1210. The van der Waals surface area contributed by atoms with Crippen molar-refractivity contribution in [2.45, 2.75) is 63.9 Å². The van der Waals surface area contributed by atoms with Crippen molar-refractivity contribution in [3.8, 4) is 11.5 Å². The summed E-state index contributed by atoms with van der Waals surface area (Å²) in [5.74, 6) is -3.60. The number of hydrogen-bond donors (Lipinski definition) is 1. The van der Waals surface area contributed by atoms with Crippen LogP contribution < -0.4 is 9.47 Å². The summed E-state index contributed by atoms with van der Waals surface area (Å²) in [6.45, 7) is 3.25. The number of ether oxygens (including phenoxy) is 3. The highest BCUT2D eigenvalue weighted by Gasteiger charge is 2.45. The van der Waals surface area contributed by atoms with Gasteiger partial charge in [0.05, 0.1) is 6.42 Å². The first-order chi connectivity index (χ1) is 17.5. The summed E-state index contributed by atoms with van der Waals surface area (Å²) in [5, 5.41) is 14.9. The van der Waals surface area contributed by atoms with Crippen molar-refractivity contribution in [1.29, 1.82) is 0 Å². The fourth-order valence-corrected chi connectivity index (χ4v) is 4.53. The minimum absolute atomic E-state index is 0.000248. The number of rotatable bonds is 9. The van der Waals surface area contributed by atoms with Crippen molar-refractivity contribution in [2.75, 3.05) is 20.5 Å². The number of carbonyl (C=O) groups is 1. The van der Waals surface area contributed by atoms with Crippen LogP contribution in [0.15, 0.2) is 23.4 Å². The first-order valence-electron chi connectivity index (χ1n) is 11.9. The molecule has 1 aliphatic heterocycles. The summed E-state index contributed by atoms with van der Waals surface area (Å²) in [5.41, 5.74) is 1.25. The van der Waals surface area contributed by atoms with Gasteiger partial charge in [-0.3, -0.25) is 4.98 Å². The number of pyridine rings is 1. The van der Waals surface area contributed by atoms with E-state index in [0.29, 0.717) is 22.5 Å². The molecule has 0 bridgehead atoms. The maximum atomic E-state index is 15.2. The number of aromatic nitrogens is 1.